The predicted octanol–water partition coefficient (Wildman–Crippen LogP) is 3.30. The molecule has 130 valence electrons. The highest BCUT2D eigenvalue weighted by Gasteiger charge is 2.26. The molecule has 1 fully saturated rings. The fourth-order valence-electron chi connectivity index (χ4n) is 3.99. The van der Waals surface area contributed by atoms with Crippen LogP contribution in [0.1, 0.15) is 61.8 Å². The Morgan fingerprint density at radius 2 is 2.04 bits per heavy atom. The normalized spacial score (nSPS) is 20.9. The van der Waals surface area contributed by atoms with E-state index in [2.05, 4.69) is 34.0 Å². The molecule has 4 rings (SSSR count). The van der Waals surface area contributed by atoms with Crippen LogP contribution in [0.3, 0.4) is 0 Å². The second-order valence-electron chi connectivity index (χ2n) is 7.15. The summed E-state index contributed by atoms with van der Waals surface area (Å²) < 4.78 is 7.91. The van der Waals surface area contributed by atoms with Crippen LogP contribution in [-0.2, 0) is 13.0 Å². The predicted molar refractivity (Wildman–Crippen MR) is 93.8 cm³/mol. The number of nitrogens with one attached hydrogen (secondary N) is 1. The molecule has 0 spiro atoms. The molecular weight excluding hydrogens is 300 g/mol. The molecule has 0 saturated carbocycles. The summed E-state index contributed by atoms with van der Waals surface area (Å²) in [5.41, 5.74) is 2.57. The molecule has 2 unspecified atom stereocenters. The standard InChI is InChI=1S/C19H28N4O/c1-15(17-13-16-7-2-3-11-23(16)21-17)20-14-18(19-8-6-12-24-19)22-9-4-5-10-22/h6,8,12-13,15,18,20H,2-5,7,9-11,14H2,1H3. The van der Waals surface area contributed by atoms with E-state index < -0.39 is 0 Å². The number of rotatable bonds is 6. The van der Waals surface area contributed by atoms with Gasteiger partial charge in [0.15, 0.2) is 0 Å². The Balaban J connectivity index is 1.42. The Bertz CT molecular complexity index is 619. The lowest BCUT2D eigenvalue weighted by molar-refractivity contribution is 0.205. The summed E-state index contributed by atoms with van der Waals surface area (Å²) in [4.78, 5) is 2.54. The van der Waals surface area contributed by atoms with E-state index in [9.17, 15) is 0 Å². The van der Waals surface area contributed by atoms with Gasteiger partial charge in [-0.15, -0.1) is 0 Å². The van der Waals surface area contributed by atoms with Crippen molar-refractivity contribution in [2.45, 2.75) is 57.7 Å². The molecule has 2 aliphatic heterocycles. The van der Waals surface area contributed by atoms with Crippen LogP contribution in [0.2, 0.25) is 0 Å². The average molecular weight is 328 g/mol. The third-order valence-electron chi connectivity index (χ3n) is 5.45. The highest BCUT2D eigenvalue weighted by Crippen LogP contribution is 2.26. The summed E-state index contributed by atoms with van der Waals surface area (Å²) in [7, 11) is 0. The molecule has 0 radical (unpaired) electrons. The van der Waals surface area contributed by atoms with Gasteiger partial charge in [-0.3, -0.25) is 9.58 Å². The monoisotopic (exact) mass is 328 g/mol. The van der Waals surface area contributed by atoms with Gasteiger partial charge in [0, 0.05) is 24.8 Å². The first-order valence-corrected chi connectivity index (χ1v) is 9.39. The Morgan fingerprint density at radius 3 is 2.79 bits per heavy atom. The van der Waals surface area contributed by atoms with Crippen LogP contribution in [0.4, 0.5) is 0 Å². The second-order valence-corrected chi connectivity index (χ2v) is 7.15. The van der Waals surface area contributed by atoms with E-state index in [1.54, 1.807) is 6.26 Å². The molecule has 2 aliphatic rings. The Morgan fingerprint density at radius 1 is 1.21 bits per heavy atom. The van der Waals surface area contributed by atoms with Crippen molar-refractivity contribution in [3.05, 3.63) is 41.6 Å². The third kappa shape index (κ3) is 3.28. The summed E-state index contributed by atoms with van der Waals surface area (Å²) in [6, 6.07) is 6.97. The van der Waals surface area contributed by atoms with Crippen LogP contribution in [0.25, 0.3) is 0 Å². The zero-order chi connectivity index (χ0) is 16.4. The first kappa shape index (κ1) is 15.9. The van der Waals surface area contributed by atoms with Crippen molar-refractivity contribution in [3.8, 4) is 0 Å². The molecular formula is C19H28N4O. The summed E-state index contributed by atoms with van der Waals surface area (Å²) >= 11 is 0. The molecule has 4 heterocycles. The highest BCUT2D eigenvalue weighted by molar-refractivity contribution is 5.15. The number of hydrogen-bond donors (Lipinski definition) is 1. The molecule has 2 aromatic heterocycles. The Kier molecular flexibility index (Phi) is 4.72. The van der Waals surface area contributed by atoms with E-state index in [-0.39, 0.29) is 6.04 Å². The van der Waals surface area contributed by atoms with Crippen LogP contribution < -0.4 is 5.32 Å². The van der Waals surface area contributed by atoms with E-state index in [1.807, 2.05) is 6.07 Å². The van der Waals surface area contributed by atoms with Gasteiger partial charge in [-0.25, -0.2) is 0 Å². The van der Waals surface area contributed by atoms with Crippen molar-refractivity contribution < 1.29 is 4.42 Å². The topological polar surface area (TPSA) is 46.2 Å². The van der Waals surface area contributed by atoms with Gasteiger partial charge in [0.2, 0.25) is 0 Å². The summed E-state index contributed by atoms with van der Waals surface area (Å²) in [5.74, 6) is 1.07. The number of aryl methyl sites for hydroxylation is 2. The summed E-state index contributed by atoms with van der Waals surface area (Å²) in [6.07, 6.45) is 8.09. The molecule has 5 heteroatoms. The first-order chi connectivity index (χ1) is 11.8. The van der Waals surface area contributed by atoms with Crippen LogP contribution in [-0.4, -0.2) is 34.3 Å². The minimum atomic E-state index is 0.267. The van der Waals surface area contributed by atoms with Crippen molar-refractivity contribution >= 4 is 0 Å². The van der Waals surface area contributed by atoms with Gasteiger partial charge in [0.1, 0.15) is 5.76 Å². The van der Waals surface area contributed by atoms with Gasteiger partial charge in [0.05, 0.1) is 18.0 Å². The lowest BCUT2D eigenvalue weighted by atomic mass is 10.1. The van der Waals surface area contributed by atoms with E-state index >= 15 is 0 Å². The number of nitrogens with zero attached hydrogens (tertiary/aromatic N) is 3. The maximum absolute atomic E-state index is 5.71. The van der Waals surface area contributed by atoms with Crippen LogP contribution in [0, 0.1) is 0 Å². The van der Waals surface area contributed by atoms with Gasteiger partial charge in [-0.1, -0.05) is 0 Å². The molecule has 2 aromatic rings. The molecule has 1 saturated heterocycles. The fraction of sp³-hybridized carbons (Fsp3) is 0.632. The van der Waals surface area contributed by atoms with Crippen molar-refractivity contribution in [1.82, 2.24) is 20.0 Å². The average Bonchev–Trinajstić information content (AvgIpc) is 3.35. The summed E-state index contributed by atoms with van der Waals surface area (Å²) in [6.45, 7) is 6.53. The maximum atomic E-state index is 5.71. The third-order valence-corrected chi connectivity index (χ3v) is 5.45. The van der Waals surface area contributed by atoms with E-state index in [0.29, 0.717) is 6.04 Å². The second kappa shape index (κ2) is 7.11. The fourth-order valence-corrected chi connectivity index (χ4v) is 3.99. The number of aromatic nitrogens is 2. The maximum Gasteiger partial charge on any atom is 0.122 e. The summed E-state index contributed by atoms with van der Waals surface area (Å²) in [5, 5.41) is 8.50. The Labute approximate surface area is 144 Å². The van der Waals surface area contributed by atoms with Crippen LogP contribution in [0.5, 0.6) is 0 Å². The van der Waals surface area contributed by atoms with E-state index in [4.69, 9.17) is 9.52 Å². The lowest BCUT2D eigenvalue weighted by Crippen LogP contribution is -2.35. The smallest absolute Gasteiger partial charge is 0.122 e. The number of likely N-dealkylation sites (tertiary alicyclic amines) is 1. The molecule has 0 amide bonds. The minimum Gasteiger partial charge on any atom is -0.468 e. The zero-order valence-electron chi connectivity index (χ0n) is 14.6. The number of furan rings is 1. The number of hydrogen-bond acceptors (Lipinski definition) is 4. The molecule has 0 aromatic carbocycles. The zero-order valence-corrected chi connectivity index (χ0v) is 14.6. The molecule has 0 bridgehead atoms. The molecule has 0 aliphatic carbocycles. The van der Waals surface area contributed by atoms with Crippen LogP contribution in [0.15, 0.2) is 28.9 Å². The minimum absolute atomic E-state index is 0.267. The van der Waals surface area contributed by atoms with E-state index in [1.165, 1.54) is 56.6 Å². The highest BCUT2D eigenvalue weighted by atomic mass is 16.3. The molecule has 2 atom stereocenters. The number of fused-ring (bicyclic) bond motifs is 1. The van der Waals surface area contributed by atoms with Gasteiger partial charge in [-0.05, 0) is 70.3 Å². The quantitative estimate of drug-likeness (QED) is 0.884. The molecule has 5 nitrogen and oxygen atoms in total. The first-order valence-electron chi connectivity index (χ1n) is 9.39. The van der Waals surface area contributed by atoms with E-state index in [0.717, 1.165) is 18.8 Å². The lowest BCUT2D eigenvalue weighted by Gasteiger charge is -2.27. The van der Waals surface area contributed by atoms with Crippen LogP contribution >= 0.6 is 0 Å². The van der Waals surface area contributed by atoms with Gasteiger partial charge in [-0.2, -0.15) is 5.10 Å². The van der Waals surface area contributed by atoms with Gasteiger partial charge < -0.3 is 9.73 Å². The molecule has 24 heavy (non-hydrogen) atoms. The Hall–Kier alpha value is -1.59. The van der Waals surface area contributed by atoms with Crippen molar-refractivity contribution in [2.24, 2.45) is 0 Å². The van der Waals surface area contributed by atoms with Gasteiger partial charge in [0.25, 0.3) is 0 Å². The van der Waals surface area contributed by atoms with Crippen molar-refractivity contribution in [2.75, 3.05) is 19.6 Å². The van der Waals surface area contributed by atoms with Crippen molar-refractivity contribution in [1.29, 1.82) is 0 Å². The van der Waals surface area contributed by atoms with Crippen molar-refractivity contribution in [3.63, 3.8) is 0 Å². The van der Waals surface area contributed by atoms with Gasteiger partial charge >= 0.3 is 0 Å². The molecule has 1 N–H and O–H groups in total. The SMILES string of the molecule is CC(NCC(c1ccco1)N1CCCC1)c1cc2n(n1)CCCC2. The largest absolute Gasteiger partial charge is 0.468 e.